The summed E-state index contributed by atoms with van der Waals surface area (Å²) in [6, 6.07) is 10.7. The number of carbonyl (C=O) groups excluding carboxylic acids is 2. The molecule has 0 fully saturated rings. The molecular weight excluding hydrogens is 407 g/mol. The van der Waals surface area contributed by atoms with Crippen LogP contribution >= 0.6 is 23.2 Å². The molecule has 0 bridgehead atoms. The standard InChI is InChI=1S/C23H28Cl2N2O2/c1-5-21(23(29)26-6-2)27(14-17-9-10-19(24)13-20(17)25)22(28)12-18-11-15(3)7-8-16(18)4/h7-11,13,21H,5-6,12,14H2,1-4H3,(H,26,29)/t21-/m0/s1. The minimum Gasteiger partial charge on any atom is -0.355 e. The second-order valence-corrected chi connectivity index (χ2v) is 8.03. The first-order chi connectivity index (χ1) is 13.8. The Kier molecular flexibility index (Phi) is 8.54. The molecule has 2 aromatic carbocycles. The van der Waals surface area contributed by atoms with E-state index in [0.717, 1.165) is 22.3 Å². The van der Waals surface area contributed by atoms with Crippen molar-refractivity contribution in [2.75, 3.05) is 6.54 Å². The minimum atomic E-state index is -0.570. The van der Waals surface area contributed by atoms with Gasteiger partial charge in [0.2, 0.25) is 11.8 Å². The van der Waals surface area contributed by atoms with Gasteiger partial charge in [0.05, 0.1) is 6.42 Å². The molecular formula is C23H28Cl2N2O2. The van der Waals surface area contributed by atoms with E-state index in [4.69, 9.17) is 23.2 Å². The number of amides is 2. The highest BCUT2D eigenvalue weighted by molar-refractivity contribution is 6.35. The van der Waals surface area contributed by atoms with E-state index < -0.39 is 6.04 Å². The van der Waals surface area contributed by atoms with Crippen LogP contribution < -0.4 is 5.32 Å². The molecule has 2 amide bonds. The van der Waals surface area contributed by atoms with Gasteiger partial charge in [-0.3, -0.25) is 9.59 Å². The van der Waals surface area contributed by atoms with Crippen molar-refractivity contribution < 1.29 is 9.59 Å². The van der Waals surface area contributed by atoms with Crippen molar-refractivity contribution in [3.8, 4) is 0 Å². The number of hydrogen-bond acceptors (Lipinski definition) is 2. The fourth-order valence-corrected chi connectivity index (χ4v) is 3.77. The van der Waals surface area contributed by atoms with Gasteiger partial charge in [0, 0.05) is 23.1 Å². The summed E-state index contributed by atoms with van der Waals surface area (Å²) in [5.41, 5.74) is 3.88. The zero-order valence-corrected chi connectivity index (χ0v) is 18.9. The third-order valence-electron chi connectivity index (χ3n) is 4.94. The van der Waals surface area contributed by atoms with Gasteiger partial charge >= 0.3 is 0 Å². The fourth-order valence-electron chi connectivity index (χ4n) is 3.30. The van der Waals surface area contributed by atoms with E-state index in [1.807, 2.05) is 45.9 Å². The molecule has 0 saturated heterocycles. The number of aryl methyl sites for hydroxylation is 2. The van der Waals surface area contributed by atoms with Gasteiger partial charge in [0.1, 0.15) is 6.04 Å². The number of halogens is 2. The summed E-state index contributed by atoms with van der Waals surface area (Å²) in [7, 11) is 0. The van der Waals surface area contributed by atoms with Gasteiger partial charge in [0.25, 0.3) is 0 Å². The van der Waals surface area contributed by atoms with Crippen LogP contribution in [-0.2, 0) is 22.6 Å². The Labute approximate surface area is 183 Å². The van der Waals surface area contributed by atoms with Crippen molar-refractivity contribution in [2.24, 2.45) is 0 Å². The molecule has 0 aliphatic rings. The van der Waals surface area contributed by atoms with Crippen molar-refractivity contribution >= 4 is 35.0 Å². The Morgan fingerprint density at radius 2 is 1.76 bits per heavy atom. The maximum atomic E-state index is 13.3. The Hall–Kier alpha value is -2.04. The molecule has 4 nitrogen and oxygen atoms in total. The summed E-state index contributed by atoms with van der Waals surface area (Å²) in [4.78, 5) is 27.6. The second-order valence-electron chi connectivity index (χ2n) is 7.18. The molecule has 0 aromatic heterocycles. The summed E-state index contributed by atoms with van der Waals surface area (Å²) < 4.78 is 0. The van der Waals surface area contributed by atoms with Crippen LogP contribution in [0.15, 0.2) is 36.4 Å². The normalized spacial score (nSPS) is 11.8. The SMILES string of the molecule is CCNC(=O)[C@H](CC)N(Cc1ccc(Cl)cc1Cl)C(=O)Cc1cc(C)ccc1C. The molecule has 0 aliphatic carbocycles. The summed E-state index contributed by atoms with van der Waals surface area (Å²) in [5, 5.41) is 3.85. The Balaban J connectivity index is 2.37. The molecule has 0 heterocycles. The highest BCUT2D eigenvalue weighted by atomic mass is 35.5. The Morgan fingerprint density at radius 3 is 2.38 bits per heavy atom. The smallest absolute Gasteiger partial charge is 0.242 e. The van der Waals surface area contributed by atoms with Crippen LogP contribution in [0.2, 0.25) is 10.0 Å². The quantitative estimate of drug-likeness (QED) is 0.628. The predicted octanol–water partition coefficient (Wildman–Crippen LogP) is 5.10. The van der Waals surface area contributed by atoms with Crippen LogP contribution in [0.4, 0.5) is 0 Å². The van der Waals surface area contributed by atoms with E-state index in [1.165, 1.54) is 0 Å². The number of benzene rings is 2. The second kappa shape index (κ2) is 10.7. The first-order valence-corrected chi connectivity index (χ1v) is 10.6. The fraction of sp³-hybridized carbons (Fsp3) is 0.391. The largest absolute Gasteiger partial charge is 0.355 e. The monoisotopic (exact) mass is 434 g/mol. The van der Waals surface area contributed by atoms with E-state index in [0.29, 0.717) is 23.0 Å². The predicted molar refractivity (Wildman–Crippen MR) is 119 cm³/mol. The van der Waals surface area contributed by atoms with E-state index in [2.05, 4.69) is 5.32 Å². The number of hydrogen-bond donors (Lipinski definition) is 1. The number of rotatable bonds is 8. The first kappa shape index (κ1) is 23.2. The van der Waals surface area contributed by atoms with Gasteiger partial charge in [-0.15, -0.1) is 0 Å². The van der Waals surface area contributed by atoms with E-state index in [1.54, 1.807) is 23.1 Å². The third-order valence-corrected chi connectivity index (χ3v) is 5.53. The summed E-state index contributed by atoms with van der Waals surface area (Å²) in [6.45, 7) is 8.52. The number of likely N-dealkylation sites (N-methyl/N-ethyl adjacent to an activating group) is 1. The Bertz CT molecular complexity index is 883. The molecule has 0 aliphatic heterocycles. The molecule has 6 heteroatoms. The van der Waals surface area contributed by atoms with Crippen LogP contribution in [0.5, 0.6) is 0 Å². The average molecular weight is 435 g/mol. The van der Waals surface area contributed by atoms with E-state index in [9.17, 15) is 9.59 Å². The summed E-state index contributed by atoms with van der Waals surface area (Å²) in [5.74, 6) is -0.266. The molecule has 0 saturated carbocycles. The topological polar surface area (TPSA) is 49.4 Å². The average Bonchev–Trinajstić information content (AvgIpc) is 2.66. The van der Waals surface area contributed by atoms with Gasteiger partial charge < -0.3 is 10.2 Å². The van der Waals surface area contributed by atoms with Crippen molar-refractivity contribution in [3.63, 3.8) is 0 Å². The highest BCUT2D eigenvalue weighted by Crippen LogP contribution is 2.24. The van der Waals surface area contributed by atoms with Gasteiger partial charge in [-0.05, 0) is 56.0 Å². The van der Waals surface area contributed by atoms with Crippen molar-refractivity contribution in [1.29, 1.82) is 0 Å². The summed E-state index contributed by atoms with van der Waals surface area (Å²) >= 11 is 12.4. The van der Waals surface area contributed by atoms with Crippen molar-refractivity contribution in [1.82, 2.24) is 10.2 Å². The summed E-state index contributed by atoms with van der Waals surface area (Å²) in [6.07, 6.45) is 0.740. The molecule has 0 unspecified atom stereocenters. The van der Waals surface area contributed by atoms with Crippen LogP contribution in [0.3, 0.4) is 0 Å². The lowest BCUT2D eigenvalue weighted by molar-refractivity contribution is -0.140. The van der Waals surface area contributed by atoms with Gasteiger partial charge in [0.15, 0.2) is 0 Å². The lowest BCUT2D eigenvalue weighted by atomic mass is 10.0. The maximum absolute atomic E-state index is 13.3. The lowest BCUT2D eigenvalue weighted by Gasteiger charge is -2.31. The van der Waals surface area contributed by atoms with E-state index >= 15 is 0 Å². The van der Waals surface area contributed by atoms with Gasteiger partial charge in [-0.2, -0.15) is 0 Å². The molecule has 0 radical (unpaired) electrons. The first-order valence-electron chi connectivity index (χ1n) is 9.84. The Morgan fingerprint density at radius 1 is 1.03 bits per heavy atom. The van der Waals surface area contributed by atoms with Crippen LogP contribution in [-0.4, -0.2) is 29.3 Å². The molecule has 2 aromatic rings. The van der Waals surface area contributed by atoms with Crippen LogP contribution in [0.1, 0.15) is 42.5 Å². The van der Waals surface area contributed by atoms with Crippen LogP contribution in [0.25, 0.3) is 0 Å². The van der Waals surface area contributed by atoms with Gasteiger partial charge in [-0.25, -0.2) is 0 Å². The van der Waals surface area contributed by atoms with Crippen molar-refractivity contribution in [3.05, 3.63) is 68.7 Å². The molecule has 156 valence electrons. The van der Waals surface area contributed by atoms with E-state index in [-0.39, 0.29) is 24.8 Å². The number of nitrogens with one attached hydrogen (secondary N) is 1. The zero-order chi connectivity index (χ0) is 21.6. The molecule has 1 atom stereocenters. The maximum Gasteiger partial charge on any atom is 0.242 e. The van der Waals surface area contributed by atoms with Crippen LogP contribution in [0, 0.1) is 13.8 Å². The number of nitrogens with zero attached hydrogens (tertiary/aromatic N) is 1. The molecule has 0 spiro atoms. The number of carbonyl (C=O) groups is 2. The minimum absolute atomic E-state index is 0.109. The lowest BCUT2D eigenvalue weighted by Crippen LogP contribution is -2.49. The zero-order valence-electron chi connectivity index (χ0n) is 17.4. The molecule has 2 rings (SSSR count). The molecule has 29 heavy (non-hydrogen) atoms. The van der Waals surface area contributed by atoms with Crippen molar-refractivity contribution in [2.45, 2.75) is 53.1 Å². The molecule has 1 N–H and O–H groups in total. The van der Waals surface area contributed by atoms with Gasteiger partial charge in [-0.1, -0.05) is 60.0 Å². The highest BCUT2D eigenvalue weighted by Gasteiger charge is 2.29. The third kappa shape index (κ3) is 6.22.